The van der Waals surface area contributed by atoms with Crippen LogP contribution in [0.5, 0.6) is 0 Å². The maximum Gasteiger partial charge on any atom is 2.00 e. The van der Waals surface area contributed by atoms with Gasteiger partial charge in [-0.15, -0.1) is 0 Å². The fraction of sp³-hybridized carbons (Fsp3) is 0.787. The molecule has 0 heterocycles. The Bertz CT molecular complexity index is 2550. The van der Waals surface area contributed by atoms with Gasteiger partial charge < -0.3 is 52.7 Å². The van der Waals surface area contributed by atoms with Crippen molar-refractivity contribution in [2.24, 2.45) is 110 Å². The quantitative estimate of drug-likeness (QED) is 0.0534. The zero-order valence-corrected chi connectivity index (χ0v) is 70.7. The first-order valence-corrected chi connectivity index (χ1v) is 42.1. The molecule has 0 spiro atoms. The van der Waals surface area contributed by atoms with Crippen molar-refractivity contribution < 1.29 is 62.6 Å². The molecule has 10 aliphatic carbocycles. The first-order valence-electron chi connectivity index (χ1n) is 40.5. The second kappa shape index (κ2) is 42.3. The molecule has 12 rings (SSSR count). The average molecular weight is 1740 g/mol. The first kappa shape index (κ1) is 90.9. The molecular formula is C89H149BN2O4PPt2-2. The molecule has 5 unspecified atom stereocenters. The molecule has 0 aliphatic heterocycles. The third-order valence-corrected chi connectivity index (χ3v) is 31.8. The molecule has 6 nitrogen and oxygen atoms in total. The Hall–Kier alpha value is -0.448. The summed E-state index contributed by atoms with van der Waals surface area (Å²) < 4.78 is 13.1. The topological polar surface area (TPSA) is 129 Å². The summed E-state index contributed by atoms with van der Waals surface area (Å²) in [4.78, 5) is 0. The van der Waals surface area contributed by atoms with E-state index in [1.165, 1.54) is 190 Å². The fourth-order valence-electron chi connectivity index (χ4n) is 22.9. The summed E-state index contributed by atoms with van der Waals surface area (Å²) in [6.45, 7) is 44.4. The average Bonchev–Trinajstić information content (AvgIpc) is 1.70. The fourth-order valence-corrected chi connectivity index (χ4v) is 25.7. The van der Waals surface area contributed by atoms with Gasteiger partial charge in [-0.3, -0.25) is 0 Å². The minimum Gasteiger partial charge on any atom is -0.677 e. The Morgan fingerprint density at radius 1 is 0.475 bits per heavy atom. The van der Waals surface area contributed by atoms with E-state index in [1.54, 1.807) is 11.1 Å². The molecule has 569 valence electrons. The number of allylic oxidation sites excluding steroid dienone is 2. The maximum atomic E-state index is 7.42. The zero-order valence-electron chi connectivity index (χ0n) is 65.2. The van der Waals surface area contributed by atoms with Crippen LogP contribution in [0.1, 0.15) is 289 Å². The number of nitrogens with one attached hydrogen (secondary N) is 2. The second-order valence-electron chi connectivity index (χ2n) is 36.2. The molecule has 0 bridgehead atoms. The summed E-state index contributed by atoms with van der Waals surface area (Å²) in [5.41, 5.74) is 20.8. The van der Waals surface area contributed by atoms with Crippen LogP contribution in [-0.4, -0.2) is 62.5 Å². The Kier molecular flexibility index (Phi) is 38.9. The van der Waals surface area contributed by atoms with Crippen LogP contribution in [0.4, 0.5) is 0 Å². The van der Waals surface area contributed by atoms with E-state index in [-0.39, 0.29) is 73.6 Å². The van der Waals surface area contributed by atoms with E-state index in [4.69, 9.17) is 27.9 Å². The number of rotatable bonds is 21. The van der Waals surface area contributed by atoms with Gasteiger partial charge in [-0.25, -0.2) is 0 Å². The van der Waals surface area contributed by atoms with Crippen LogP contribution in [0, 0.1) is 131 Å². The van der Waals surface area contributed by atoms with Crippen molar-refractivity contribution in [3.63, 3.8) is 0 Å². The van der Waals surface area contributed by atoms with E-state index in [0.717, 1.165) is 116 Å². The molecule has 0 amide bonds. The largest absolute Gasteiger partial charge is 2.00 e. The van der Waals surface area contributed by atoms with Crippen LogP contribution >= 0.6 is 7.92 Å². The Morgan fingerprint density at radius 3 is 1.20 bits per heavy atom. The summed E-state index contributed by atoms with van der Waals surface area (Å²) in [5, 5.41) is 2.92. The van der Waals surface area contributed by atoms with Gasteiger partial charge in [-0.1, -0.05) is 233 Å². The summed E-state index contributed by atoms with van der Waals surface area (Å²) in [7, 11) is -0.954. The van der Waals surface area contributed by atoms with Crippen molar-refractivity contribution in [2.75, 3.05) is 13.2 Å². The standard InChI is InChI=1S/C43H62OP.C32H56O.2C7H13N.B.2H2O.2Pt/c1-31(2)14-13-15-32(3)39-22-23-40-38-21-20-34-30-35(24-27-42(34,5)41(38)25-28-43(39,40)6)44-29-26-33(4)45(36-16-9-7-10-17-36)37-18-11-8-12-19-37;1-22(2)9-8-10-24(5)28-13-14-29-27-12-11-25-21-26(33-20-17-23(3)4)15-18-31(25,6)30(27)16-19-32(28,29)7;2*1-6-4-2-3-5-7(6)8;;;;;/h7-12,16-20,31-33,35,38-41H,4,13-15,21-30H2,1-3,5-6H3;11,22-24,26-30H,8-10,12-21H2,1-7H3;2*6-8H,1-5H2;;2*1H2;;/q-1;;2*-2;;;;;+2/p+1/t32-,33?,35+,38+,39-,40+,41+,42+,43-;24-,26+,27+,28-,29+,30+,31+,32-;;;;;;;/m11......./s1. The van der Waals surface area contributed by atoms with Crippen LogP contribution in [0.25, 0.3) is 11.5 Å². The first-order chi connectivity index (χ1) is 45.0. The summed E-state index contributed by atoms with van der Waals surface area (Å²) in [5.74, 6) is 12.6. The maximum absolute atomic E-state index is 7.42. The summed E-state index contributed by atoms with van der Waals surface area (Å²) in [6.07, 6.45) is 48.9. The van der Waals surface area contributed by atoms with Gasteiger partial charge in [0, 0.05) is 50.6 Å². The minimum absolute atomic E-state index is 0. The van der Waals surface area contributed by atoms with Crippen LogP contribution < -0.4 is 10.6 Å². The van der Waals surface area contributed by atoms with Crippen molar-refractivity contribution in [3.8, 4) is 0 Å². The van der Waals surface area contributed by atoms with Crippen LogP contribution in [0.3, 0.4) is 0 Å². The third kappa shape index (κ3) is 22.8. The van der Waals surface area contributed by atoms with E-state index in [9.17, 15) is 0 Å². The zero-order chi connectivity index (χ0) is 67.4. The monoisotopic (exact) mass is 1740 g/mol. The van der Waals surface area contributed by atoms with Gasteiger partial charge in [0.2, 0.25) is 0 Å². The molecule has 3 radical (unpaired) electrons. The molecule has 8 fully saturated rings. The van der Waals surface area contributed by atoms with Crippen molar-refractivity contribution in [2.45, 2.75) is 319 Å². The number of ether oxygens (including phenoxy) is 2. The van der Waals surface area contributed by atoms with Crippen LogP contribution in [0.15, 0.2) is 84.0 Å². The molecule has 6 N–H and O–H groups in total. The van der Waals surface area contributed by atoms with E-state index in [1.807, 2.05) is 0 Å². The molecule has 99 heavy (non-hydrogen) atoms. The van der Waals surface area contributed by atoms with Crippen LogP contribution in [0.2, 0.25) is 0 Å². The van der Waals surface area contributed by atoms with E-state index < -0.39 is 7.92 Å². The van der Waals surface area contributed by atoms with Crippen molar-refractivity contribution >= 4 is 26.9 Å². The van der Waals surface area contributed by atoms with E-state index >= 15 is 0 Å². The van der Waals surface area contributed by atoms with Crippen molar-refractivity contribution in [3.05, 3.63) is 116 Å². The Morgan fingerprint density at radius 2 is 0.848 bits per heavy atom. The van der Waals surface area contributed by atoms with Crippen molar-refractivity contribution in [1.82, 2.24) is 0 Å². The Labute approximate surface area is 643 Å². The van der Waals surface area contributed by atoms with E-state index in [2.05, 4.69) is 170 Å². The SMILES string of the molecule is CC(C)CCC[C@@H](C)[C@H]1CC[C@H]2[C@@H]3CC=C4C[C@@H](OCCC(C)C)CC[C@]4(C)[C@H]3CC[C@]12C.O.O.[B].[CH2-]C(CCO[C@H]1CC[C@@]2(C)C(=CC[C@H]3[C@@H]4CC[C@H]([C@H](C)CCCC(C)C)[C@@]4(C)CC[C@@H]32)C1)[PH+](c1ccccc1)c1ccccc1.[CH2-]C1CCCCC1[NH-].[CH2-]C1CCCCC1[NH-].[Pt+2].[Pt]. The number of fused-ring (bicyclic) bond motifs is 10. The molecule has 2 aromatic carbocycles. The number of hydrogen-bond donors (Lipinski definition) is 0. The molecule has 10 aliphatic rings. The van der Waals surface area contributed by atoms with Crippen molar-refractivity contribution in [1.29, 1.82) is 0 Å². The van der Waals surface area contributed by atoms with Crippen LogP contribution in [-0.2, 0) is 51.6 Å². The van der Waals surface area contributed by atoms with Gasteiger partial charge >= 0.3 is 21.1 Å². The van der Waals surface area contributed by atoms with Gasteiger partial charge in [0.05, 0.1) is 22.8 Å². The summed E-state index contributed by atoms with van der Waals surface area (Å²) >= 11 is 0. The molecule has 0 aromatic heterocycles. The third-order valence-electron chi connectivity index (χ3n) is 28.8. The smallest absolute Gasteiger partial charge is 0.677 e. The van der Waals surface area contributed by atoms with Gasteiger partial charge in [-0.2, -0.15) is 23.9 Å². The molecule has 2 aromatic rings. The molecule has 10 heteroatoms. The normalized spacial score (nSPS) is 35.8. The number of benzene rings is 2. The molecule has 21 atom stereocenters. The minimum atomic E-state index is -0.954. The number of hydrogen-bond acceptors (Lipinski definition) is 2. The molecule has 8 saturated carbocycles. The molecule has 0 saturated heterocycles. The Balaban J connectivity index is 0.000000336. The predicted octanol–water partition coefficient (Wildman–Crippen LogP) is 23.2. The van der Waals surface area contributed by atoms with Gasteiger partial charge in [0.15, 0.2) is 0 Å². The van der Waals surface area contributed by atoms with Gasteiger partial charge in [0.25, 0.3) is 0 Å². The predicted molar refractivity (Wildman–Crippen MR) is 423 cm³/mol. The second-order valence-corrected chi connectivity index (χ2v) is 39.0. The van der Waals surface area contributed by atoms with Gasteiger partial charge in [0.1, 0.15) is 0 Å². The molecular weight excluding hydrogens is 1590 g/mol. The van der Waals surface area contributed by atoms with E-state index in [0.29, 0.717) is 51.4 Å². The summed E-state index contributed by atoms with van der Waals surface area (Å²) in [6, 6.07) is 22.5. The van der Waals surface area contributed by atoms with Gasteiger partial charge in [-0.05, 0) is 244 Å².